The first-order valence-electron chi connectivity index (χ1n) is 12.5. The number of hydrogen-bond acceptors (Lipinski definition) is 7. The molecule has 200 valence electrons. The highest BCUT2D eigenvalue weighted by Crippen LogP contribution is 2.34. The number of benzene rings is 2. The van der Waals surface area contributed by atoms with Gasteiger partial charge < -0.3 is 20.7 Å². The summed E-state index contributed by atoms with van der Waals surface area (Å²) in [6, 6.07) is 11.4. The summed E-state index contributed by atoms with van der Waals surface area (Å²) < 4.78 is 22.2. The van der Waals surface area contributed by atoms with Crippen molar-refractivity contribution in [2.45, 2.75) is 25.4 Å². The second-order valence-electron chi connectivity index (χ2n) is 9.22. The van der Waals surface area contributed by atoms with E-state index in [-0.39, 0.29) is 30.2 Å². The van der Waals surface area contributed by atoms with Gasteiger partial charge in [0.2, 0.25) is 5.91 Å². The molecule has 10 nitrogen and oxygen atoms in total. The first-order chi connectivity index (χ1) is 18.9. The molecule has 0 radical (unpaired) electrons. The molecule has 1 aliphatic heterocycles. The Bertz CT molecular complexity index is 1570. The van der Waals surface area contributed by atoms with Crippen LogP contribution in [0, 0.1) is 5.82 Å². The largest absolute Gasteiger partial charge is 0.496 e. The minimum Gasteiger partial charge on any atom is -0.496 e. The van der Waals surface area contributed by atoms with Gasteiger partial charge in [0.1, 0.15) is 29.4 Å². The molecule has 3 heterocycles. The van der Waals surface area contributed by atoms with Crippen molar-refractivity contribution in [3.8, 4) is 17.0 Å². The van der Waals surface area contributed by atoms with Crippen molar-refractivity contribution >= 4 is 28.7 Å². The van der Waals surface area contributed by atoms with Crippen LogP contribution in [0.3, 0.4) is 0 Å². The van der Waals surface area contributed by atoms with Gasteiger partial charge >= 0.3 is 0 Å². The summed E-state index contributed by atoms with van der Waals surface area (Å²) >= 11 is 0. The van der Waals surface area contributed by atoms with E-state index in [1.54, 1.807) is 46.0 Å². The summed E-state index contributed by atoms with van der Waals surface area (Å²) in [5, 5.41) is 8.04. The fraction of sp³-hybridized carbons (Fsp3) is 0.250. The highest BCUT2D eigenvalue weighted by molar-refractivity contribution is 5.98. The van der Waals surface area contributed by atoms with E-state index in [4.69, 9.17) is 15.6 Å². The Hall–Kier alpha value is -4.80. The van der Waals surface area contributed by atoms with E-state index in [0.29, 0.717) is 52.3 Å². The number of anilines is 1. The van der Waals surface area contributed by atoms with Crippen LogP contribution in [0.4, 0.5) is 10.2 Å². The van der Waals surface area contributed by atoms with Gasteiger partial charge in [-0.1, -0.05) is 30.8 Å². The lowest BCUT2D eigenvalue weighted by Gasteiger charge is -2.32. The van der Waals surface area contributed by atoms with Gasteiger partial charge in [-0.2, -0.15) is 5.10 Å². The van der Waals surface area contributed by atoms with Crippen LogP contribution in [-0.2, 0) is 11.3 Å². The van der Waals surface area contributed by atoms with Crippen LogP contribution in [0.2, 0.25) is 0 Å². The lowest BCUT2D eigenvalue weighted by molar-refractivity contribution is -0.127. The van der Waals surface area contributed by atoms with Crippen molar-refractivity contribution in [1.82, 2.24) is 30.0 Å². The van der Waals surface area contributed by atoms with Gasteiger partial charge in [-0.3, -0.25) is 9.59 Å². The summed E-state index contributed by atoms with van der Waals surface area (Å²) in [6.07, 6.45) is 4.26. The van der Waals surface area contributed by atoms with Crippen molar-refractivity contribution in [3.63, 3.8) is 0 Å². The third-order valence-corrected chi connectivity index (χ3v) is 6.86. The number of rotatable bonds is 7. The highest BCUT2D eigenvalue weighted by atomic mass is 19.1. The predicted molar refractivity (Wildman–Crippen MR) is 144 cm³/mol. The Labute approximate surface area is 224 Å². The number of methoxy groups -OCH3 is 1. The zero-order chi connectivity index (χ0) is 27.5. The van der Waals surface area contributed by atoms with Crippen LogP contribution in [-0.4, -0.2) is 56.7 Å². The van der Waals surface area contributed by atoms with Crippen molar-refractivity contribution in [1.29, 1.82) is 0 Å². The molecule has 0 spiro atoms. The maximum atomic E-state index is 15.2. The van der Waals surface area contributed by atoms with Gasteiger partial charge in [0, 0.05) is 30.8 Å². The van der Waals surface area contributed by atoms with Crippen LogP contribution < -0.4 is 15.8 Å². The smallest absolute Gasteiger partial charge is 0.255 e. The standard InChI is InChI=1S/C28H28FN7O3/c1-3-23(37)35-12-6-7-19(15-35)36-27-24(26(30)32-16-33-27)25(34-36)17-10-11-18(21(29)13-17)14-31-28(38)20-8-4-5-9-22(20)39-2/h3-5,8-11,13,16,19H,1,6-7,12,14-15H2,2H3,(H,31,38)(H2,30,32,33)/t19-/m1/s1. The zero-order valence-electron chi connectivity index (χ0n) is 21.4. The van der Waals surface area contributed by atoms with Crippen molar-refractivity contribution in [3.05, 3.63) is 78.4 Å². The normalized spacial score (nSPS) is 15.2. The number of carbonyl (C=O) groups is 2. The lowest BCUT2D eigenvalue weighted by Crippen LogP contribution is -2.40. The molecule has 1 saturated heterocycles. The Morgan fingerprint density at radius 3 is 2.85 bits per heavy atom. The molecule has 2 aromatic carbocycles. The second kappa shape index (κ2) is 10.9. The summed E-state index contributed by atoms with van der Waals surface area (Å²) in [4.78, 5) is 35.1. The molecule has 0 bridgehead atoms. The number of para-hydroxylation sites is 1. The summed E-state index contributed by atoms with van der Waals surface area (Å²) in [5.41, 5.74) is 8.35. The van der Waals surface area contributed by atoms with Gasteiger partial charge in [-0.25, -0.2) is 19.0 Å². The fourth-order valence-corrected chi connectivity index (χ4v) is 4.88. The number of piperidine rings is 1. The Morgan fingerprint density at radius 1 is 1.26 bits per heavy atom. The molecule has 2 amide bonds. The maximum absolute atomic E-state index is 15.2. The first kappa shape index (κ1) is 25.8. The minimum absolute atomic E-state index is 0.0152. The van der Waals surface area contributed by atoms with Gasteiger partial charge in [0.15, 0.2) is 5.65 Å². The van der Waals surface area contributed by atoms with Gasteiger partial charge in [0.25, 0.3) is 5.91 Å². The molecule has 39 heavy (non-hydrogen) atoms. The molecule has 1 aliphatic rings. The SMILES string of the molecule is C=CC(=O)N1CCC[C@@H](n2nc(-c3ccc(CNC(=O)c4ccccc4OC)c(F)c3)c3c(N)ncnc32)C1. The molecule has 5 rings (SSSR count). The molecule has 4 aromatic rings. The predicted octanol–water partition coefficient (Wildman–Crippen LogP) is 3.50. The quantitative estimate of drug-likeness (QED) is 0.351. The third kappa shape index (κ3) is 5.02. The number of nitrogens with one attached hydrogen (secondary N) is 1. The van der Waals surface area contributed by atoms with Crippen LogP contribution in [0.1, 0.15) is 34.8 Å². The minimum atomic E-state index is -0.508. The summed E-state index contributed by atoms with van der Waals surface area (Å²) in [7, 11) is 1.48. The number of hydrogen-bond donors (Lipinski definition) is 2. The number of amides is 2. The fourth-order valence-electron chi connectivity index (χ4n) is 4.88. The van der Waals surface area contributed by atoms with E-state index in [9.17, 15) is 9.59 Å². The maximum Gasteiger partial charge on any atom is 0.255 e. The van der Waals surface area contributed by atoms with Gasteiger partial charge in [-0.15, -0.1) is 0 Å². The van der Waals surface area contributed by atoms with E-state index < -0.39 is 5.82 Å². The molecular formula is C28H28FN7O3. The van der Waals surface area contributed by atoms with E-state index >= 15 is 4.39 Å². The Morgan fingerprint density at radius 2 is 2.08 bits per heavy atom. The molecule has 1 fully saturated rings. The number of fused-ring (bicyclic) bond motifs is 1. The summed E-state index contributed by atoms with van der Waals surface area (Å²) in [5.74, 6) is -0.359. The van der Waals surface area contributed by atoms with Crippen LogP contribution in [0.15, 0.2) is 61.4 Å². The second-order valence-corrected chi connectivity index (χ2v) is 9.22. The summed E-state index contributed by atoms with van der Waals surface area (Å²) in [6.45, 7) is 4.66. The van der Waals surface area contributed by atoms with Crippen molar-refractivity contribution in [2.24, 2.45) is 0 Å². The number of nitrogen functional groups attached to an aromatic ring is 1. The Kier molecular flexibility index (Phi) is 7.22. The topological polar surface area (TPSA) is 128 Å². The number of halogens is 1. The number of nitrogens with zero attached hydrogens (tertiary/aromatic N) is 5. The van der Waals surface area contributed by atoms with Crippen LogP contribution in [0.25, 0.3) is 22.3 Å². The average molecular weight is 530 g/mol. The number of likely N-dealkylation sites (tertiary alicyclic amines) is 1. The molecular weight excluding hydrogens is 501 g/mol. The number of carbonyl (C=O) groups excluding carboxylic acids is 2. The number of nitrogens with two attached hydrogens (primary N) is 1. The third-order valence-electron chi connectivity index (χ3n) is 6.86. The van der Waals surface area contributed by atoms with E-state index in [2.05, 4.69) is 21.9 Å². The molecule has 0 aliphatic carbocycles. The Balaban J connectivity index is 1.43. The molecule has 11 heteroatoms. The van der Waals surface area contributed by atoms with Gasteiger partial charge in [0.05, 0.1) is 24.1 Å². The number of ether oxygens (including phenoxy) is 1. The molecule has 0 saturated carbocycles. The van der Waals surface area contributed by atoms with E-state index in [1.165, 1.54) is 25.6 Å². The molecule has 3 N–H and O–H groups in total. The monoisotopic (exact) mass is 529 g/mol. The zero-order valence-corrected chi connectivity index (χ0v) is 21.4. The van der Waals surface area contributed by atoms with Crippen molar-refractivity contribution in [2.75, 3.05) is 25.9 Å². The van der Waals surface area contributed by atoms with Crippen LogP contribution in [0.5, 0.6) is 5.75 Å². The van der Waals surface area contributed by atoms with E-state index in [0.717, 1.165) is 12.8 Å². The van der Waals surface area contributed by atoms with Crippen LogP contribution >= 0.6 is 0 Å². The number of aromatic nitrogens is 4. The van der Waals surface area contributed by atoms with E-state index in [1.807, 2.05) is 0 Å². The molecule has 0 unspecified atom stereocenters. The average Bonchev–Trinajstić information content (AvgIpc) is 3.37. The highest BCUT2D eigenvalue weighted by Gasteiger charge is 2.28. The molecule has 1 atom stereocenters. The molecule has 2 aromatic heterocycles. The first-order valence-corrected chi connectivity index (χ1v) is 12.5. The van der Waals surface area contributed by atoms with Crippen molar-refractivity contribution < 1.29 is 18.7 Å². The lowest BCUT2D eigenvalue weighted by atomic mass is 10.1. The van der Waals surface area contributed by atoms with Gasteiger partial charge in [-0.05, 0) is 37.1 Å².